The summed E-state index contributed by atoms with van der Waals surface area (Å²) in [6.45, 7) is 7.13. The van der Waals surface area contributed by atoms with E-state index in [-0.39, 0.29) is 0 Å². The zero-order valence-electron chi connectivity index (χ0n) is 12.2. The molecule has 0 bridgehead atoms. The molecule has 0 amide bonds. The van der Waals surface area contributed by atoms with Gasteiger partial charge in [0.05, 0.1) is 0 Å². The number of hydrogen-bond acceptors (Lipinski definition) is 6. The van der Waals surface area contributed by atoms with Crippen molar-refractivity contribution in [1.29, 1.82) is 0 Å². The fourth-order valence-corrected chi connectivity index (χ4v) is 1.56. The van der Waals surface area contributed by atoms with E-state index in [1.165, 1.54) is 0 Å². The minimum Gasteiger partial charge on any atom is -0.354 e. The van der Waals surface area contributed by atoms with Crippen LogP contribution in [-0.2, 0) is 0 Å². The summed E-state index contributed by atoms with van der Waals surface area (Å²) in [5, 5.41) is 10.6. The molecule has 0 spiro atoms. The molecule has 7 heteroatoms. The Hall–Kier alpha value is -2.18. The van der Waals surface area contributed by atoms with Crippen LogP contribution in [0.2, 0.25) is 0 Å². The van der Waals surface area contributed by atoms with Crippen molar-refractivity contribution in [2.24, 2.45) is 0 Å². The van der Waals surface area contributed by atoms with E-state index >= 15 is 0 Å². The molecule has 0 aliphatic carbocycles. The van der Waals surface area contributed by atoms with E-state index < -0.39 is 0 Å². The molecule has 0 aromatic carbocycles. The molecule has 7 nitrogen and oxygen atoms in total. The van der Waals surface area contributed by atoms with Crippen molar-refractivity contribution in [2.45, 2.75) is 39.7 Å². The van der Waals surface area contributed by atoms with Crippen LogP contribution in [0.4, 0.5) is 11.9 Å². The summed E-state index contributed by atoms with van der Waals surface area (Å²) >= 11 is 0. The maximum absolute atomic E-state index is 4.40. The summed E-state index contributed by atoms with van der Waals surface area (Å²) in [5.74, 6) is 1.64. The molecular weight excluding hydrogens is 254 g/mol. The SMILES string of the molecule is CCCNc1nc(NC(C)CC)nc(-n2cccn2)n1. The van der Waals surface area contributed by atoms with Crippen LogP contribution in [0.15, 0.2) is 18.5 Å². The summed E-state index contributed by atoms with van der Waals surface area (Å²) in [6.07, 6.45) is 5.52. The van der Waals surface area contributed by atoms with Crippen molar-refractivity contribution >= 4 is 11.9 Å². The zero-order valence-corrected chi connectivity index (χ0v) is 12.2. The quantitative estimate of drug-likeness (QED) is 0.805. The van der Waals surface area contributed by atoms with Gasteiger partial charge in [-0.1, -0.05) is 13.8 Å². The largest absolute Gasteiger partial charge is 0.354 e. The van der Waals surface area contributed by atoms with Gasteiger partial charge in [0.1, 0.15) is 0 Å². The highest BCUT2D eigenvalue weighted by Crippen LogP contribution is 2.10. The van der Waals surface area contributed by atoms with Gasteiger partial charge in [0.25, 0.3) is 5.95 Å². The van der Waals surface area contributed by atoms with E-state index in [1.807, 2.05) is 12.3 Å². The summed E-state index contributed by atoms with van der Waals surface area (Å²) in [5.41, 5.74) is 0. The lowest BCUT2D eigenvalue weighted by atomic mass is 10.3. The molecular formula is C13H21N7. The number of nitrogens with zero attached hydrogens (tertiary/aromatic N) is 5. The first kappa shape index (κ1) is 14.2. The molecule has 0 aliphatic heterocycles. The Labute approximate surface area is 118 Å². The Morgan fingerprint density at radius 1 is 1.20 bits per heavy atom. The fraction of sp³-hybridized carbons (Fsp3) is 0.538. The average molecular weight is 275 g/mol. The van der Waals surface area contributed by atoms with Gasteiger partial charge in [-0.3, -0.25) is 0 Å². The topological polar surface area (TPSA) is 80.5 Å². The molecule has 0 fully saturated rings. The molecule has 0 radical (unpaired) electrons. The predicted molar refractivity (Wildman–Crippen MR) is 79.1 cm³/mol. The first-order valence-corrected chi connectivity index (χ1v) is 6.99. The maximum atomic E-state index is 4.40. The lowest BCUT2D eigenvalue weighted by Crippen LogP contribution is -2.18. The smallest absolute Gasteiger partial charge is 0.257 e. The van der Waals surface area contributed by atoms with Gasteiger partial charge in [-0.05, 0) is 25.8 Å². The molecule has 0 aliphatic rings. The number of aromatic nitrogens is 5. The number of anilines is 2. The van der Waals surface area contributed by atoms with Gasteiger partial charge in [-0.15, -0.1) is 0 Å². The third-order valence-electron chi connectivity index (χ3n) is 2.85. The minimum atomic E-state index is 0.307. The number of rotatable bonds is 7. The van der Waals surface area contributed by atoms with Crippen LogP contribution in [0.25, 0.3) is 5.95 Å². The van der Waals surface area contributed by atoms with Crippen molar-refractivity contribution in [3.8, 4) is 5.95 Å². The van der Waals surface area contributed by atoms with Gasteiger partial charge < -0.3 is 10.6 Å². The van der Waals surface area contributed by atoms with Gasteiger partial charge in [0.2, 0.25) is 11.9 Å². The summed E-state index contributed by atoms with van der Waals surface area (Å²) < 4.78 is 1.63. The van der Waals surface area contributed by atoms with Crippen molar-refractivity contribution in [3.63, 3.8) is 0 Å². The molecule has 108 valence electrons. The Morgan fingerprint density at radius 3 is 2.65 bits per heavy atom. The lowest BCUT2D eigenvalue weighted by Gasteiger charge is -2.13. The van der Waals surface area contributed by atoms with Crippen LogP contribution in [-0.4, -0.2) is 37.3 Å². The zero-order chi connectivity index (χ0) is 14.4. The second-order valence-corrected chi connectivity index (χ2v) is 4.61. The summed E-state index contributed by atoms with van der Waals surface area (Å²) in [4.78, 5) is 13.2. The highest BCUT2D eigenvalue weighted by molar-refractivity contribution is 5.38. The van der Waals surface area contributed by atoms with Crippen LogP contribution in [0.3, 0.4) is 0 Å². The van der Waals surface area contributed by atoms with Crippen LogP contribution in [0.1, 0.15) is 33.6 Å². The normalized spacial score (nSPS) is 12.2. The molecule has 2 aromatic rings. The average Bonchev–Trinajstić information content (AvgIpc) is 2.99. The van der Waals surface area contributed by atoms with Crippen LogP contribution < -0.4 is 10.6 Å². The third kappa shape index (κ3) is 3.66. The van der Waals surface area contributed by atoms with E-state index in [1.54, 1.807) is 10.9 Å². The minimum absolute atomic E-state index is 0.307. The van der Waals surface area contributed by atoms with Crippen molar-refractivity contribution in [1.82, 2.24) is 24.7 Å². The Morgan fingerprint density at radius 2 is 2.00 bits per heavy atom. The van der Waals surface area contributed by atoms with Crippen molar-refractivity contribution < 1.29 is 0 Å². The third-order valence-corrected chi connectivity index (χ3v) is 2.85. The highest BCUT2D eigenvalue weighted by Gasteiger charge is 2.09. The molecule has 0 saturated heterocycles. The van der Waals surface area contributed by atoms with E-state index in [4.69, 9.17) is 0 Å². The second-order valence-electron chi connectivity index (χ2n) is 4.61. The highest BCUT2D eigenvalue weighted by atomic mass is 15.4. The van der Waals surface area contributed by atoms with Gasteiger partial charge in [-0.25, -0.2) is 4.68 Å². The summed E-state index contributed by atoms with van der Waals surface area (Å²) in [6, 6.07) is 2.15. The molecule has 1 unspecified atom stereocenters. The van der Waals surface area contributed by atoms with Crippen LogP contribution >= 0.6 is 0 Å². The Kier molecular flexibility index (Phi) is 4.86. The van der Waals surface area contributed by atoms with E-state index in [2.05, 4.69) is 51.5 Å². The molecule has 1 atom stereocenters. The van der Waals surface area contributed by atoms with Crippen molar-refractivity contribution in [3.05, 3.63) is 18.5 Å². The maximum Gasteiger partial charge on any atom is 0.257 e. The molecule has 0 saturated carbocycles. The molecule has 2 heterocycles. The van der Waals surface area contributed by atoms with E-state index in [0.29, 0.717) is 23.9 Å². The Bertz CT molecular complexity index is 524. The first-order chi connectivity index (χ1) is 9.72. The van der Waals surface area contributed by atoms with Gasteiger partial charge >= 0.3 is 0 Å². The number of hydrogen-bond donors (Lipinski definition) is 2. The van der Waals surface area contributed by atoms with Gasteiger partial charge in [-0.2, -0.15) is 20.1 Å². The van der Waals surface area contributed by atoms with Crippen LogP contribution in [0.5, 0.6) is 0 Å². The van der Waals surface area contributed by atoms with Gasteiger partial charge in [0, 0.05) is 25.0 Å². The first-order valence-electron chi connectivity index (χ1n) is 6.99. The molecule has 20 heavy (non-hydrogen) atoms. The van der Waals surface area contributed by atoms with Gasteiger partial charge in [0.15, 0.2) is 0 Å². The monoisotopic (exact) mass is 275 g/mol. The van der Waals surface area contributed by atoms with E-state index in [0.717, 1.165) is 19.4 Å². The molecule has 2 aromatic heterocycles. The fourth-order valence-electron chi connectivity index (χ4n) is 1.56. The van der Waals surface area contributed by atoms with E-state index in [9.17, 15) is 0 Å². The molecule has 2 N–H and O–H groups in total. The lowest BCUT2D eigenvalue weighted by molar-refractivity contribution is 0.739. The van der Waals surface area contributed by atoms with Crippen LogP contribution in [0, 0.1) is 0 Å². The summed E-state index contributed by atoms with van der Waals surface area (Å²) in [7, 11) is 0. The predicted octanol–water partition coefficient (Wildman–Crippen LogP) is 2.09. The number of nitrogens with one attached hydrogen (secondary N) is 2. The van der Waals surface area contributed by atoms with Crippen molar-refractivity contribution in [2.75, 3.05) is 17.2 Å². The second kappa shape index (κ2) is 6.83. The standard InChI is InChI=1S/C13H21N7/c1-4-7-14-11-17-12(16-10(3)5-2)19-13(18-11)20-9-6-8-15-20/h6,8-10H,4-5,7H2,1-3H3,(H2,14,16,17,18,19). The molecule has 2 rings (SSSR count). The Balaban J connectivity index is 2.28.